The van der Waals surface area contributed by atoms with E-state index in [1.807, 2.05) is 24.3 Å². The van der Waals surface area contributed by atoms with Gasteiger partial charge >= 0.3 is 6.09 Å². The maximum atomic E-state index is 14.5. The van der Waals surface area contributed by atoms with Crippen LogP contribution in [0, 0.1) is 23.2 Å². The van der Waals surface area contributed by atoms with E-state index in [1.54, 1.807) is 11.0 Å². The molecule has 4 aliphatic rings. The minimum Gasteiger partial charge on any atom is -0.446 e. The van der Waals surface area contributed by atoms with Crippen molar-refractivity contribution in [2.24, 2.45) is 23.2 Å². The molecular formula is C36H48N4O6. The van der Waals surface area contributed by atoms with Gasteiger partial charge in [0.05, 0.1) is 6.04 Å². The van der Waals surface area contributed by atoms with Gasteiger partial charge < -0.3 is 25.6 Å². The summed E-state index contributed by atoms with van der Waals surface area (Å²) in [6.07, 6.45) is 8.94. The number of rotatable bonds is 13. The first-order valence-electron chi connectivity index (χ1n) is 16.7. The number of alkyl carbamates (subject to hydrolysis) is 1. The number of allylic oxidation sites excluding steroid dienone is 1. The summed E-state index contributed by atoms with van der Waals surface area (Å²) in [5.41, 5.74) is 2.11. The molecule has 2 saturated carbocycles. The van der Waals surface area contributed by atoms with Crippen LogP contribution in [0.4, 0.5) is 4.79 Å². The lowest BCUT2D eigenvalue weighted by molar-refractivity contribution is -0.144. The fraction of sp³-hybridized carbons (Fsp3) is 0.583. The Hall–Kier alpha value is -3.95. The molecule has 3 N–H and O–H groups in total. The van der Waals surface area contributed by atoms with Crippen molar-refractivity contribution in [3.05, 3.63) is 60.7 Å². The van der Waals surface area contributed by atoms with E-state index in [4.69, 9.17) is 4.74 Å². The normalized spacial score (nSPS) is 24.5. The molecule has 1 aromatic rings. The number of benzene rings is 1. The number of Topliss-reactive ketones (excluding diaryl/α,β-unsaturated/α-hetero) is 1. The van der Waals surface area contributed by atoms with Gasteiger partial charge in [-0.2, -0.15) is 0 Å². The Labute approximate surface area is 271 Å². The van der Waals surface area contributed by atoms with Crippen LogP contribution in [0.3, 0.4) is 0 Å². The van der Waals surface area contributed by atoms with Gasteiger partial charge in [-0.1, -0.05) is 56.7 Å². The summed E-state index contributed by atoms with van der Waals surface area (Å²) >= 11 is 0. The predicted octanol–water partition coefficient (Wildman–Crippen LogP) is 3.63. The Bertz CT molecular complexity index is 1340. The quantitative estimate of drug-likeness (QED) is 0.225. The molecule has 5 rings (SSSR count). The lowest BCUT2D eigenvalue weighted by atomic mass is 9.93. The molecule has 3 fully saturated rings. The number of nitrogens with one attached hydrogen (secondary N) is 3. The Balaban J connectivity index is 1.37. The van der Waals surface area contributed by atoms with Crippen LogP contribution in [0.25, 0.3) is 0 Å². The van der Waals surface area contributed by atoms with Gasteiger partial charge in [0.15, 0.2) is 0 Å². The van der Waals surface area contributed by atoms with Crippen LogP contribution < -0.4 is 16.0 Å². The molecule has 1 heterocycles. The van der Waals surface area contributed by atoms with Crippen molar-refractivity contribution >= 4 is 29.6 Å². The average molecular weight is 633 g/mol. The molecule has 10 nitrogen and oxygen atoms in total. The van der Waals surface area contributed by atoms with Gasteiger partial charge in [0.25, 0.3) is 5.91 Å². The Morgan fingerprint density at radius 3 is 2.30 bits per heavy atom. The zero-order valence-electron chi connectivity index (χ0n) is 27.1. The second-order valence-electron chi connectivity index (χ2n) is 13.9. The smallest absolute Gasteiger partial charge is 0.408 e. The lowest BCUT2D eigenvalue weighted by Crippen LogP contribution is -2.59. The van der Waals surface area contributed by atoms with Crippen LogP contribution in [0.15, 0.2) is 49.6 Å². The average Bonchev–Trinajstić information content (AvgIpc) is 3.40. The van der Waals surface area contributed by atoms with Crippen molar-refractivity contribution in [2.75, 3.05) is 13.1 Å². The summed E-state index contributed by atoms with van der Waals surface area (Å²) in [4.78, 5) is 69.1. The molecule has 1 aromatic carbocycles. The van der Waals surface area contributed by atoms with Gasteiger partial charge in [0, 0.05) is 13.1 Å². The highest BCUT2D eigenvalue weighted by Crippen LogP contribution is 2.65. The van der Waals surface area contributed by atoms with Gasteiger partial charge in [-0.15, -0.1) is 13.2 Å². The van der Waals surface area contributed by atoms with E-state index >= 15 is 0 Å². The summed E-state index contributed by atoms with van der Waals surface area (Å²) < 4.78 is 5.79. The number of nitrogens with zero attached hydrogens (tertiary/aromatic N) is 1. The van der Waals surface area contributed by atoms with Gasteiger partial charge in [-0.3, -0.25) is 19.2 Å². The largest absolute Gasteiger partial charge is 0.446 e. The molecule has 0 radical (unpaired) electrons. The monoisotopic (exact) mass is 632 g/mol. The first-order valence-corrected chi connectivity index (χ1v) is 16.7. The van der Waals surface area contributed by atoms with E-state index in [2.05, 4.69) is 43.0 Å². The summed E-state index contributed by atoms with van der Waals surface area (Å²) in [5, 5.41) is 8.25. The van der Waals surface area contributed by atoms with Gasteiger partial charge in [-0.05, 0) is 85.7 Å². The predicted molar refractivity (Wildman–Crippen MR) is 173 cm³/mol. The highest BCUT2D eigenvalue weighted by Gasteiger charge is 2.69. The number of amides is 4. The molecule has 46 heavy (non-hydrogen) atoms. The summed E-state index contributed by atoms with van der Waals surface area (Å²) in [6, 6.07) is 5.24. The van der Waals surface area contributed by atoms with E-state index < -0.39 is 41.8 Å². The maximum Gasteiger partial charge on any atom is 0.408 e. The van der Waals surface area contributed by atoms with Gasteiger partial charge in [0.2, 0.25) is 17.6 Å². The van der Waals surface area contributed by atoms with Gasteiger partial charge in [-0.25, -0.2) is 4.79 Å². The van der Waals surface area contributed by atoms with Gasteiger partial charge in [0.1, 0.15) is 18.2 Å². The van der Waals surface area contributed by atoms with Crippen LogP contribution in [0.2, 0.25) is 0 Å². The number of hydrogen-bond acceptors (Lipinski definition) is 6. The number of piperidine rings is 1. The third-order valence-electron chi connectivity index (χ3n) is 10.6. The van der Waals surface area contributed by atoms with Crippen molar-refractivity contribution in [3.63, 3.8) is 0 Å². The number of ether oxygens (including phenoxy) is 1. The first-order chi connectivity index (χ1) is 22.1. The van der Waals surface area contributed by atoms with E-state index in [0.717, 1.165) is 43.2 Å². The summed E-state index contributed by atoms with van der Waals surface area (Å²) in [5.74, 6) is -2.57. The number of fused-ring (bicyclic) bond motifs is 2. The topological polar surface area (TPSA) is 134 Å². The maximum absolute atomic E-state index is 14.5. The van der Waals surface area contributed by atoms with E-state index in [0.29, 0.717) is 25.8 Å². The van der Waals surface area contributed by atoms with Crippen molar-refractivity contribution in [1.82, 2.24) is 20.9 Å². The second-order valence-corrected chi connectivity index (χ2v) is 13.9. The van der Waals surface area contributed by atoms with Crippen molar-refractivity contribution in [1.29, 1.82) is 0 Å². The lowest BCUT2D eigenvalue weighted by Gasteiger charge is -2.35. The third kappa shape index (κ3) is 7.05. The van der Waals surface area contributed by atoms with E-state index in [9.17, 15) is 24.0 Å². The number of carbonyl (C=O) groups excluding carboxylic acids is 5. The summed E-state index contributed by atoms with van der Waals surface area (Å²) in [6.45, 7) is 11.9. The fourth-order valence-corrected chi connectivity index (χ4v) is 7.92. The fourth-order valence-electron chi connectivity index (χ4n) is 7.92. The molecule has 5 atom stereocenters. The van der Waals surface area contributed by atoms with E-state index in [-0.39, 0.29) is 48.1 Å². The molecule has 3 aliphatic carbocycles. The number of carbonyl (C=O) groups is 5. The SMILES string of the molecule is C=CCCC(NC(=O)[C@@H]1C2C(CN1C(=O)[C@@H](NC(=O)OC1CCCCC1)C1Cc3ccccc3C1)C2(C)C)C(=O)C(=O)NCC=C. The van der Waals surface area contributed by atoms with Crippen LogP contribution in [-0.2, 0) is 36.8 Å². The number of ketones is 1. The molecule has 248 valence electrons. The first kappa shape index (κ1) is 33.4. The van der Waals surface area contributed by atoms with E-state index in [1.165, 1.54) is 6.08 Å². The van der Waals surface area contributed by atoms with Crippen LogP contribution in [0.1, 0.15) is 69.9 Å². The zero-order chi connectivity index (χ0) is 33.0. The minimum atomic E-state index is -1.07. The molecule has 10 heteroatoms. The molecule has 4 amide bonds. The highest BCUT2D eigenvalue weighted by atomic mass is 16.6. The van der Waals surface area contributed by atoms with Crippen LogP contribution in [0.5, 0.6) is 0 Å². The zero-order valence-corrected chi connectivity index (χ0v) is 27.1. The Morgan fingerprint density at radius 1 is 1.00 bits per heavy atom. The minimum absolute atomic E-state index is 0.0982. The van der Waals surface area contributed by atoms with Crippen molar-refractivity contribution in [2.45, 2.75) is 95.9 Å². The standard InChI is InChI=1S/C36H48N4O6/c1-5-7-17-27(31(41)33(43)37-18-6-2)38-32(42)30-28-26(36(28,3)4)21-40(30)34(44)29(24-19-22-13-11-12-14-23(22)20-24)39-35(45)46-25-15-9-8-10-16-25/h5-6,11-14,24-30H,1-2,7-10,15-21H2,3-4H3,(H,37,43)(H,38,42)(H,39,45)/t26?,27?,28?,29-,30-/m0/s1. The van der Waals surface area contributed by atoms with Crippen LogP contribution >= 0.6 is 0 Å². The Morgan fingerprint density at radius 2 is 1.67 bits per heavy atom. The second kappa shape index (κ2) is 14.2. The van der Waals surface area contributed by atoms with Crippen molar-refractivity contribution in [3.8, 4) is 0 Å². The van der Waals surface area contributed by atoms with Crippen LogP contribution in [-0.4, -0.2) is 71.8 Å². The number of likely N-dealkylation sites (tertiary alicyclic amines) is 1. The molecule has 3 unspecified atom stereocenters. The molecule has 0 bridgehead atoms. The highest BCUT2D eigenvalue weighted by molar-refractivity contribution is 6.38. The molecule has 0 aromatic heterocycles. The molecule has 1 aliphatic heterocycles. The summed E-state index contributed by atoms with van der Waals surface area (Å²) in [7, 11) is 0. The molecular weight excluding hydrogens is 584 g/mol. The molecule has 1 saturated heterocycles. The number of hydrogen-bond donors (Lipinski definition) is 3. The Kier molecular flexibility index (Phi) is 10.3. The third-order valence-corrected chi connectivity index (χ3v) is 10.6. The van der Waals surface area contributed by atoms with Crippen molar-refractivity contribution < 1.29 is 28.7 Å². The molecule has 0 spiro atoms.